The van der Waals surface area contributed by atoms with Gasteiger partial charge in [0.2, 0.25) is 0 Å². The molecule has 0 aliphatic heterocycles. The zero-order valence-corrected chi connectivity index (χ0v) is 9.13. The van der Waals surface area contributed by atoms with Crippen molar-refractivity contribution in [2.24, 2.45) is 5.73 Å². The van der Waals surface area contributed by atoms with E-state index in [1.54, 1.807) is 13.8 Å². The number of rotatable bonds is 2. The van der Waals surface area contributed by atoms with Gasteiger partial charge in [0.05, 0.1) is 6.10 Å². The highest BCUT2D eigenvalue weighted by Crippen LogP contribution is 1.79. The zero-order chi connectivity index (χ0) is 10.6. The summed E-state index contributed by atoms with van der Waals surface area (Å²) in [6.45, 7) is 11.9. The average molecular weight is 177 g/mol. The first-order chi connectivity index (χ1) is 5.50. The summed E-state index contributed by atoms with van der Waals surface area (Å²) in [6, 6.07) is 0.333. The Bertz CT molecular complexity index is 70.2. The largest absolute Gasteiger partial charge is 0.465 e. The Morgan fingerprint density at radius 3 is 1.42 bits per heavy atom. The quantitative estimate of drug-likeness (QED) is 0.656. The first-order valence-electron chi connectivity index (χ1n) is 4.35. The van der Waals surface area contributed by atoms with Crippen LogP contribution in [0.5, 0.6) is 0 Å². The molecule has 0 rings (SSSR count). The lowest BCUT2D eigenvalue weighted by atomic mass is 10.5. The zero-order valence-electron chi connectivity index (χ0n) is 9.13. The summed E-state index contributed by atoms with van der Waals surface area (Å²) >= 11 is 0. The third-order valence-corrected chi connectivity index (χ3v) is 0.328. The van der Waals surface area contributed by atoms with Crippen molar-refractivity contribution in [3.63, 3.8) is 0 Å². The number of hydrogen-bond donors (Lipinski definition) is 1. The smallest absolute Gasteiger partial charge is 0.293 e. The van der Waals surface area contributed by atoms with E-state index >= 15 is 0 Å². The third kappa shape index (κ3) is 113. The van der Waals surface area contributed by atoms with Gasteiger partial charge in [-0.1, -0.05) is 27.7 Å². The highest BCUT2D eigenvalue weighted by atomic mass is 16.5. The van der Waals surface area contributed by atoms with E-state index in [1.165, 1.54) is 0 Å². The Morgan fingerprint density at radius 2 is 1.42 bits per heavy atom. The SMILES string of the molecule is CC.CC(C)N.CC(C)OC=O. The summed E-state index contributed by atoms with van der Waals surface area (Å²) in [5.41, 5.74) is 5.11. The molecule has 0 bridgehead atoms. The van der Waals surface area contributed by atoms with Crippen molar-refractivity contribution in [2.75, 3.05) is 0 Å². The van der Waals surface area contributed by atoms with Crippen LogP contribution in [0.25, 0.3) is 0 Å². The molecule has 3 heteroatoms. The molecule has 0 spiro atoms. The highest BCUT2D eigenvalue weighted by molar-refractivity contribution is 5.37. The molecule has 0 heterocycles. The normalized spacial score (nSPS) is 7.75. The fourth-order valence-corrected chi connectivity index (χ4v) is 0.111. The molecule has 0 aliphatic carbocycles. The van der Waals surface area contributed by atoms with Gasteiger partial charge in [-0.2, -0.15) is 0 Å². The molecule has 0 aromatic heterocycles. The van der Waals surface area contributed by atoms with Crippen molar-refractivity contribution in [2.45, 2.75) is 53.7 Å². The third-order valence-electron chi connectivity index (χ3n) is 0.328. The number of carbonyl (C=O) groups is 1. The standard InChI is InChI=1S/C4H8O2.C3H9N.C2H6/c1-4(2)6-3-5;1-3(2)4;1-2/h3-4H,1-2H3;3H,4H2,1-2H3;1-2H3. The minimum atomic E-state index is 0.0301. The molecule has 0 aromatic rings. The van der Waals surface area contributed by atoms with Crippen molar-refractivity contribution in [3.05, 3.63) is 0 Å². The first kappa shape index (κ1) is 17.5. The fraction of sp³-hybridized carbons (Fsp3) is 0.889. The molecule has 12 heavy (non-hydrogen) atoms. The van der Waals surface area contributed by atoms with E-state index in [9.17, 15) is 4.79 Å². The van der Waals surface area contributed by atoms with Gasteiger partial charge in [-0.15, -0.1) is 0 Å². The Morgan fingerprint density at radius 1 is 1.17 bits per heavy atom. The van der Waals surface area contributed by atoms with Crippen LogP contribution >= 0.6 is 0 Å². The van der Waals surface area contributed by atoms with E-state index in [2.05, 4.69) is 4.74 Å². The van der Waals surface area contributed by atoms with Crippen molar-refractivity contribution >= 4 is 6.47 Å². The molecule has 3 nitrogen and oxygen atoms in total. The Balaban J connectivity index is -0.000000118. The molecule has 0 atom stereocenters. The first-order valence-corrected chi connectivity index (χ1v) is 4.35. The Labute approximate surface area is 76.3 Å². The summed E-state index contributed by atoms with van der Waals surface area (Å²) in [4.78, 5) is 9.39. The van der Waals surface area contributed by atoms with Crippen LogP contribution in [0.2, 0.25) is 0 Å². The average Bonchev–Trinajstić information content (AvgIpc) is 1.90. The molecule has 0 unspecified atom stereocenters. The van der Waals surface area contributed by atoms with Gasteiger partial charge >= 0.3 is 0 Å². The van der Waals surface area contributed by atoms with Gasteiger partial charge in [-0.25, -0.2) is 0 Å². The minimum Gasteiger partial charge on any atom is -0.465 e. The van der Waals surface area contributed by atoms with Crippen LogP contribution in [-0.2, 0) is 9.53 Å². The molecule has 0 fully saturated rings. The van der Waals surface area contributed by atoms with Crippen LogP contribution in [0.4, 0.5) is 0 Å². The Kier molecular flexibility index (Phi) is 24.5. The maximum atomic E-state index is 9.39. The second-order valence-electron chi connectivity index (χ2n) is 2.53. The second kappa shape index (κ2) is 16.8. The molecular formula is C9H23NO2. The predicted molar refractivity (Wildman–Crippen MR) is 53.0 cm³/mol. The highest BCUT2D eigenvalue weighted by Gasteiger charge is 1.83. The van der Waals surface area contributed by atoms with Crippen LogP contribution in [0, 0.1) is 0 Å². The van der Waals surface area contributed by atoms with E-state index in [1.807, 2.05) is 27.7 Å². The summed E-state index contributed by atoms with van der Waals surface area (Å²) in [5.74, 6) is 0. The summed E-state index contributed by atoms with van der Waals surface area (Å²) in [6.07, 6.45) is 0.0301. The second-order valence-corrected chi connectivity index (χ2v) is 2.53. The van der Waals surface area contributed by atoms with Gasteiger partial charge in [0, 0.05) is 0 Å². The summed E-state index contributed by atoms with van der Waals surface area (Å²) < 4.78 is 4.36. The Hall–Kier alpha value is -0.570. The van der Waals surface area contributed by atoms with Crippen LogP contribution in [0.1, 0.15) is 41.5 Å². The lowest BCUT2D eigenvalue weighted by Gasteiger charge is -1.96. The lowest BCUT2D eigenvalue weighted by molar-refractivity contribution is -0.131. The topological polar surface area (TPSA) is 52.3 Å². The molecule has 0 radical (unpaired) electrons. The maximum absolute atomic E-state index is 9.39. The molecule has 0 saturated carbocycles. The van der Waals surface area contributed by atoms with Gasteiger partial charge in [0.15, 0.2) is 0 Å². The lowest BCUT2D eigenvalue weighted by Crippen LogP contribution is -2.06. The van der Waals surface area contributed by atoms with Crippen molar-refractivity contribution in [3.8, 4) is 0 Å². The van der Waals surface area contributed by atoms with E-state index in [0.717, 1.165) is 0 Å². The van der Waals surface area contributed by atoms with Crippen molar-refractivity contribution < 1.29 is 9.53 Å². The number of carbonyl (C=O) groups excluding carboxylic acids is 1. The monoisotopic (exact) mass is 177 g/mol. The summed E-state index contributed by atoms with van der Waals surface area (Å²) in [7, 11) is 0. The van der Waals surface area contributed by atoms with Gasteiger partial charge < -0.3 is 10.5 Å². The number of ether oxygens (including phenoxy) is 1. The summed E-state index contributed by atoms with van der Waals surface area (Å²) in [5, 5.41) is 0. The maximum Gasteiger partial charge on any atom is 0.293 e. The fourth-order valence-electron chi connectivity index (χ4n) is 0.111. The molecule has 0 saturated heterocycles. The van der Waals surface area contributed by atoms with Gasteiger partial charge in [-0.3, -0.25) is 4.79 Å². The van der Waals surface area contributed by atoms with Crippen LogP contribution in [0.3, 0.4) is 0 Å². The molecule has 0 amide bonds. The van der Waals surface area contributed by atoms with E-state index < -0.39 is 0 Å². The number of hydrogen-bond acceptors (Lipinski definition) is 3. The van der Waals surface area contributed by atoms with Crippen molar-refractivity contribution in [1.82, 2.24) is 0 Å². The van der Waals surface area contributed by atoms with Gasteiger partial charge in [-0.05, 0) is 19.9 Å². The molecular weight excluding hydrogens is 154 g/mol. The van der Waals surface area contributed by atoms with E-state index in [0.29, 0.717) is 12.5 Å². The number of nitrogens with two attached hydrogens (primary N) is 1. The van der Waals surface area contributed by atoms with Crippen LogP contribution in [-0.4, -0.2) is 18.6 Å². The van der Waals surface area contributed by atoms with Gasteiger partial charge in [0.25, 0.3) is 6.47 Å². The van der Waals surface area contributed by atoms with Crippen LogP contribution < -0.4 is 5.73 Å². The molecule has 76 valence electrons. The molecule has 0 aliphatic rings. The van der Waals surface area contributed by atoms with Gasteiger partial charge in [0.1, 0.15) is 0 Å². The van der Waals surface area contributed by atoms with Crippen molar-refractivity contribution in [1.29, 1.82) is 0 Å². The van der Waals surface area contributed by atoms with E-state index in [-0.39, 0.29) is 6.10 Å². The molecule has 2 N–H and O–H groups in total. The van der Waals surface area contributed by atoms with E-state index in [4.69, 9.17) is 5.73 Å². The van der Waals surface area contributed by atoms with Crippen LogP contribution in [0.15, 0.2) is 0 Å². The minimum absolute atomic E-state index is 0.0301. The molecule has 0 aromatic carbocycles. The predicted octanol–water partition coefficient (Wildman–Crippen LogP) is 1.95.